The Morgan fingerprint density at radius 1 is 1.15 bits per heavy atom. The summed E-state index contributed by atoms with van der Waals surface area (Å²) in [7, 11) is 0. The maximum Gasteiger partial charge on any atom is 0.263 e. The van der Waals surface area contributed by atoms with Crippen LogP contribution < -0.4 is 10.6 Å². The second kappa shape index (κ2) is 8.68. The number of aromatic nitrogens is 2. The third-order valence-electron chi connectivity index (χ3n) is 3.65. The first-order chi connectivity index (χ1) is 12.6. The van der Waals surface area contributed by atoms with Gasteiger partial charge in [0.05, 0.1) is 5.69 Å². The SMILES string of the molecule is Cc1nc(-c2ccsc2)sc1C(=O)NCCC(=O)NCc1ccncc1. The molecular weight excluding hydrogens is 368 g/mol. The van der Waals surface area contributed by atoms with Gasteiger partial charge in [0.15, 0.2) is 0 Å². The van der Waals surface area contributed by atoms with Gasteiger partial charge < -0.3 is 10.6 Å². The number of nitrogens with zero attached hydrogens (tertiary/aromatic N) is 2. The highest BCUT2D eigenvalue weighted by atomic mass is 32.1. The average Bonchev–Trinajstić information content (AvgIpc) is 3.30. The summed E-state index contributed by atoms with van der Waals surface area (Å²) in [6.07, 6.45) is 3.60. The number of nitrogens with one attached hydrogen (secondary N) is 2. The maximum absolute atomic E-state index is 12.3. The molecule has 2 amide bonds. The number of hydrogen-bond acceptors (Lipinski definition) is 6. The molecule has 0 radical (unpaired) electrons. The highest BCUT2D eigenvalue weighted by molar-refractivity contribution is 7.17. The Balaban J connectivity index is 1.46. The molecule has 0 saturated carbocycles. The van der Waals surface area contributed by atoms with E-state index in [9.17, 15) is 9.59 Å². The van der Waals surface area contributed by atoms with Gasteiger partial charge in [-0.15, -0.1) is 11.3 Å². The summed E-state index contributed by atoms with van der Waals surface area (Å²) in [6.45, 7) is 2.56. The van der Waals surface area contributed by atoms with Crippen molar-refractivity contribution in [3.63, 3.8) is 0 Å². The summed E-state index contributed by atoms with van der Waals surface area (Å²) in [4.78, 5) is 33.2. The van der Waals surface area contributed by atoms with E-state index in [2.05, 4.69) is 20.6 Å². The van der Waals surface area contributed by atoms with Crippen molar-refractivity contribution in [2.45, 2.75) is 19.9 Å². The lowest BCUT2D eigenvalue weighted by Crippen LogP contribution is -2.30. The number of rotatable bonds is 7. The molecule has 0 aliphatic rings. The van der Waals surface area contributed by atoms with Crippen molar-refractivity contribution >= 4 is 34.5 Å². The van der Waals surface area contributed by atoms with Crippen LogP contribution in [0.25, 0.3) is 10.6 Å². The predicted octanol–water partition coefficient (Wildman–Crippen LogP) is 3.01. The number of aryl methyl sites for hydroxylation is 1. The van der Waals surface area contributed by atoms with Crippen molar-refractivity contribution < 1.29 is 9.59 Å². The molecule has 26 heavy (non-hydrogen) atoms. The second-order valence-electron chi connectivity index (χ2n) is 5.58. The smallest absolute Gasteiger partial charge is 0.263 e. The summed E-state index contributed by atoms with van der Waals surface area (Å²) >= 11 is 2.96. The van der Waals surface area contributed by atoms with Crippen molar-refractivity contribution in [2.24, 2.45) is 0 Å². The van der Waals surface area contributed by atoms with E-state index >= 15 is 0 Å². The minimum Gasteiger partial charge on any atom is -0.352 e. The monoisotopic (exact) mass is 386 g/mol. The lowest BCUT2D eigenvalue weighted by molar-refractivity contribution is -0.121. The number of carbonyl (C=O) groups is 2. The summed E-state index contributed by atoms with van der Waals surface area (Å²) < 4.78 is 0. The fourth-order valence-electron chi connectivity index (χ4n) is 2.28. The van der Waals surface area contributed by atoms with Crippen LogP contribution in [-0.4, -0.2) is 28.3 Å². The second-order valence-corrected chi connectivity index (χ2v) is 7.36. The Morgan fingerprint density at radius 2 is 1.96 bits per heavy atom. The van der Waals surface area contributed by atoms with Crippen molar-refractivity contribution in [3.05, 3.63) is 57.5 Å². The molecule has 0 fully saturated rings. The zero-order valence-electron chi connectivity index (χ0n) is 14.2. The van der Waals surface area contributed by atoms with Gasteiger partial charge in [-0.25, -0.2) is 4.98 Å². The van der Waals surface area contributed by atoms with Gasteiger partial charge in [0.1, 0.15) is 9.88 Å². The summed E-state index contributed by atoms with van der Waals surface area (Å²) in [6, 6.07) is 5.68. The first kappa shape index (κ1) is 18.2. The molecule has 0 unspecified atom stereocenters. The van der Waals surface area contributed by atoms with E-state index in [4.69, 9.17) is 0 Å². The molecule has 3 aromatic rings. The Hall–Kier alpha value is -2.58. The van der Waals surface area contributed by atoms with Gasteiger partial charge in [0.25, 0.3) is 5.91 Å². The standard InChI is InChI=1S/C18H18N4O2S2/c1-12-16(26-18(22-12)14-5-9-25-11-14)17(24)20-8-4-15(23)21-10-13-2-6-19-7-3-13/h2-3,5-7,9,11H,4,8,10H2,1H3,(H,20,24)(H,21,23). The first-order valence-electron chi connectivity index (χ1n) is 8.07. The molecule has 8 heteroatoms. The topological polar surface area (TPSA) is 84.0 Å². The molecule has 134 valence electrons. The summed E-state index contributed by atoms with van der Waals surface area (Å²) in [5, 5.41) is 10.4. The molecule has 3 heterocycles. The van der Waals surface area contributed by atoms with Crippen LogP contribution >= 0.6 is 22.7 Å². The number of carbonyl (C=O) groups excluding carboxylic acids is 2. The van der Waals surface area contributed by atoms with Gasteiger partial charge in [0.2, 0.25) is 5.91 Å². The van der Waals surface area contributed by atoms with Crippen LogP contribution in [0.5, 0.6) is 0 Å². The van der Waals surface area contributed by atoms with Crippen LogP contribution in [0, 0.1) is 6.92 Å². The normalized spacial score (nSPS) is 10.5. The maximum atomic E-state index is 12.3. The lowest BCUT2D eigenvalue weighted by Gasteiger charge is -2.06. The number of pyridine rings is 1. The highest BCUT2D eigenvalue weighted by Gasteiger charge is 2.16. The third-order valence-corrected chi connectivity index (χ3v) is 5.54. The molecule has 3 aromatic heterocycles. The van der Waals surface area contributed by atoms with Crippen molar-refractivity contribution in [1.82, 2.24) is 20.6 Å². The van der Waals surface area contributed by atoms with E-state index in [1.165, 1.54) is 11.3 Å². The molecular formula is C18H18N4O2S2. The number of hydrogen-bond donors (Lipinski definition) is 2. The molecule has 6 nitrogen and oxygen atoms in total. The van der Waals surface area contributed by atoms with Crippen LogP contribution in [0.15, 0.2) is 41.4 Å². The molecule has 0 spiro atoms. The van der Waals surface area contributed by atoms with E-state index in [0.717, 1.165) is 16.1 Å². The molecule has 0 saturated heterocycles. The van der Waals surface area contributed by atoms with Gasteiger partial charge in [-0.2, -0.15) is 11.3 Å². The van der Waals surface area contributed by atoms with Gasteiger partial charge >= 0.3 is 0 Å². The molecule has 0 aromatic carbocycles. The van der Waals surface area contributed by atoms with Crippen LogP contribution in [0.2, 0.25) is 0 Å². The Labute approximate surface area is 159 Å². The van der Waals surface area contributed by atoms with Crippen molar-refractivity contribution in [2.75, 3.05) is 6.54 Å². The summed E-state index contributed by atoms with van der Waals surface area (Å²) in [5.41, 5.74) is 2.71. The Morgan fingerprint density at radius 3 is 2.69 bits per heavy atom. The largest absolute Gasteiger partial charge is 0.352 e. The lowest BCUT2D eigenvalue weighted by atomic mass is 10.2. The van der Waals surface area contributed by atoms with Crippen molar-refractivity contribution in [1.29, 1.82) is 0 Å². The van der Waals surface area contributed by atoms with E-state index in [0.29, 0.717) is 17.1 Å². The molecule has 3 rings (SSSR count). The Kier molecular flexibility index (Phi) is 6.08. The van der Waals surface area contributed by atoms with Crippen LogP contribution in [0.4, 0.5) is 0 Å². The molecule has 0 bridgehead atoms. The quantitative estimate of drug-likeness (QED) is 0.654. The zero-order valence-corrected chi connectivity index (χ0v) is 15.8. The molecule has 0 atom stereocenters. The van der Waals surface area contributed by atoms with Crippen LogP contribution in [-0.2, 0) is 11.3 Å². The zero-order chi connectivity index (χ0) is 18.4. The van der Waals surface area contributed by atoms with E-state index in [-0.39, 0.29) is 24.8 Å². The number of thiophene rings is 1. The minimum atomic E-state index is -0.191. The number of amides is 2. The van der Waals surface area contributed by atoms with E-state index in [1.54, 1.807) is 23.7 Å². The van der Waals surface area contributed by atoms with Crippen LogP contribution in [0.1, 0.15) is 27.3 Å². The molecule has 0 aliphatic heterocycles. The number of thiazole rings is 1. The molecule has 2 N–H and O–H groups in total. The average molecular weight is 387 g/mol. The first-order valence-corrected chi connectivity index (χ1v) is 9.83. The van der Waals surface area contributed by atoms with Gasteiger partial charge in [-0.1, -0.05) is 0 Å². The van der Waals surface area contributed by atoms with Gasteiger partial charge in [-0.3, -0.25) is 14.6 Å². The minimum absolute atomic E-state index is 0.109. The van der Waals surface area contributed by atoms with Gasteiger partial charge in [0, 0.05) is 42.8 Å². The van der Waals surface area contributed by atoms with Crippen LogP contribution in [0.3, 0.4) is 0 Å². The fraction of sp³-hybridized carbons (Fsp3) is 0.222. The fourth-order valence-corrected chi connectivity index (χ4v) is 3.97. The van der Waals surface area contributed by atoms with E-state index < -0.39 is 0 Å². The van der Waals surface area contributed by atoms with Gasteiger partial charge in [-0.05, 0) is 36.1 Å². The summed E-state index contributed by atoms with van der Waals surface area (Å²) in [5.74, 6) is -0.300. The Bertz CT molecular complexity index is 876. The molecule has 0 aliphatic carbocycles. The van der Waals surface area contributed by atoms with E-state index in [1.807, 2.05) is 35.9 Å². The van der Waals surface area contributed by atoms with Crippen molar-refractivity contribution in [3.8, 4) is 10.6 Å². The third kappa shape index (κ3) is 4.74. The highest BCUT2D eigenvalue weighted by Crippen LogP contribution is 2.29. The predicted molar refractivity (Wildman–Crippen MR) is 103 cm³/mol.